The summed E-state index contributed by atoms with van der Waals surface area (Å²) in [5.41, 5.74) is 2.07. The van der Waals surface area contributed by atoms with Crippen LogP contribution in [-0.4, -0.2) is 14.4 Å². The van der Waals surface area contributed by atoms with Crippen molar-refractivity contribution in [3.63, 3.8) is 0 Å². The Morgan fingerprint density at radius 3 is 3.08 bits per heavy atom. The van der Waals surface area contributed by atoms with Crippen LogP contribution in [0.2, 0.25) is 0 Å². The fraction of sp³-hybridized carbons (Fsp3) is 0.333. The molecular formula is C9H8BrN3. The molecule has 1 aliphatic rings. The fourth-order valence-electron chi connectivity index (χ4n) is 1.49. The monoisotopic (exact) mass is 237 g/mol. The minimum atomic E-state index is 0.683. The number of aromatic nitrogens is 3. The highest BCUT2D eigenvalue weighted by atomic mass is 79.9. The zero-order valence-electron chi connectivity index (χ0n) is 6.94. The van der Waals surface area contributed by atoms with Gasteiger partial charge < -0.3 is 4.40 Å². The van der Waals surface area contributed by atoms with Gasteiger partial charge in [-0.05, 0) is 28.8 Å². The summed E-state index contributed by atoms with van der Waals surface area (Å²) in [6.45, 7) is 0. The standard InChI is InChI=1S/C9H8BrN3/c10-8-9-11-3-4-13(9)5-7(12-8)6-1-2-6/h3-6H,1-2H2. The van der Waals surface area contributed by atoms with E-state index < -0.39 is 0 Å². The molecule has 0 aromatic carbocycles. The van der Waals surface area contributed by atoms with Crippen LogP contribution < -0.4 is 0 Å². The minimum absolute atomic E-state index is 0.683. The number of hydrogen-bond donors (Lipinski definition) is 0. The molecule has 3 nitrogen and oxygen atoms in total. The molecule has 0 radical (unpaired) electrons. The summed E-state index contributed by atoms with van der Waals surface area (Å²) in [6.07, 6.45) is 8.37. The molecule has 0 bridgehead atoms. The maximum atomic E-state index is 4.47. The molecule has 0 amide bonds. The van der Waals surface area contributed by atoms with Crippen LogP contribution in [0.15, 0.2) is 23.2 Å². The summed E-state index contributed by atoms with van der Waals surface area (Å²) >= 11 is 3.43. The second-order valence-electron chi connectivity index (χ2n) is 3.39. The van der Waals surface area contributed by atoms with Gasteiger partial charge in [0.25, 0.3) is 0 Å². The Bertz CT molecular complexity index is 459. The fourth-order valence-corrected chi connectivity index (χ4v) is 2.00. The first-order valence-corrected chi connectivity index (χ1v) is 5.13. The van der Waals surface area contributed by atoms with Crippen LogP contribution in [-0.2, 0) is 0 Å². The lowest BCUT2D eigenvalue weighted by Gasteiger charge is -2.00. The van der Waals surface area contributed by atoms with Crippen molar-refractivity contribution >= 4 is 21.6 Å². The van der Waals surface area contributed by atoms with E-state index in [-0.39, 0.29) is 0 Å². The van der Waals surface area contributed by atoms with Gasteiger partial charge in [0.15, 0.2) is 5.65 Å². The normalized spacial score (nSPS) is 16.7. The van der Waals surface area contributed by atoms with Crippen LogP contribution in [0.3, 0.4) is 0 Å². The molecule has 2 aromatic heterocycles. The van der Waals surface area contributed by atoms with E-state index in [1.54, 1.807) is 6.20 Å². The van der Waals surface area contributed by atoms with E-state index in [0.29, 0.717) is 5.92 Å². The molecule has 0 saturated heterocycles. The quantitative estimate of drug-likeness (QED) is 0.763. The molecule has 2 aromatic rings. The van der Waals surface area contributed by atoms with Crippen molar-refractivity contribution in [2.75, 3.05) is 0 Å². The van der Waals surface area contributed by atoms with Crippen LogP contribution in [0, 0.1) is 0 Å². The van der Waals surface area contributed by atoms with E-state index in [2.05, 4.69) is 32.1 Å². The highest BCUT2D eigenvalue weighted by molar-refractivity contribution is 9.10. The Hall–Kier alpha value is -0.900. The summed E-state index contributed by atoms with van der Waals surface area (Å²) in [4.78, 5) is 8.66. The molecule has 0 atom stereocenters. The van der Waals surface area contributed by atoms with Gasteiger partial charge in [-0.25, -0.2) is 9.97 Å². The number of nitrogens with zero attached hydrogens (tertiary/aromatic N) is 3. The number of imidazole rings is 1. The lowest BCUT2D eigenvalue weighted by molar-refractivity contribution is 0.957. The molecule has 0 unspecified atom stereocenters. The molecule has 0 aliphatic heterocycles. The zero-order chi connectivity index (χ0) is 8.84. The molecule has 3 rings (SSSR count). The van der Waals surface area contributed by atoms with E-state index >= 15 is 0 Å². The Morgan fingerprint density at radius 2 is 2.31 bits per heavy atom. The molecule has 0 spiro atoms. The van der Waals surface area contributed by atoms with Crippen LogP contribution >= 0.6 is 15.9 Å². The van der Waals surface area contributed by atoms with Crippen LogP contribution in [0.1, 0.15) is 24.5 Å². The summed E-state index contributed by atoms with van der Waals surface area (Å²) < 4.78 is 2.87. The number of fused-ring (bicyclic) bond motifs is 1. The molecule has 1 saturated carbocycles. The zero-order valence-corrected chi connectivity index (χ0v) is 8.53. The van der Waals surface area contributed by atoms with Gasteiger partial charge in [0, 0.05) is 24.5 Å². The van der Waals surface area contributed by atoms with Crippen molar-refractivity contribution in [1.82, 2.24) is 14.4 Å². The average molecular weight is 238 g/mol. The number of hydrogen-bond acceptors (Lipinski definition) is 2. The molecular weight excluding hydrogens is 230 g/mol. The molecule has 4 heteroatoms. The lowest BCUT2D eigenvalue weighted by Crippen LogP contribution is -1.94. The summed E-state index contributed by atoms with van der Waals surface area (Å²) in [5.74, 6) is 0.683. The first-order chi connectivity index (χ1) is 6.34. The Balaban J connectivity index is 2.27. The second kappa shape index (κ2) is 2.54. The maximum absolute atomic E-state index is 4.47. The maximum Gasteiger partial charge on any atom is 0.170 e. The Morgan fingerprint density at radius 1 is 1.46 bits per heavy atom. The molecule has 2 heterocycles. The van der Waals surface area contributed by atoms with Crippen molar-refractivity contribution in [2.45, 2.75) is 18.8 Å². The molecule has 13 heavy (non-hydrogen) atoms. The van der Waals surface area contributed by atoms with Crippen molar-refractivity contribution in [1.29, 1.82) is 0 Å². The predicted molar refractivity (Wildman–Crippen MR) is 52.7 cm³/mol. The van der Waals surface area contributed by atoms with Crippen molar-refractivity contribution in [2.24, 2.45) is 0 Å². The largest absolute Gasteiger partial charge is 0.303 e. The highest BCUT2D eigenvalue weighted by Crippen LogP contribution is 2.39. The molecule has 66 valence electrons. The third-order valence-corrected chi connectivity index (χ3v) is 2.88. The van der Waals surface area contributed by atoms with Gasteiger partial charge in [0.1, 0.15) is 4.60 Å². The Kier molecular flexibility index (Phi) is 1.47. The van der Waals surface area contributed by atoms with Crippen LogP contribution in [0.25, 0.3) is 5.65 Å². The SMILES string of the molecule is Brc1nc(C2CC2)cn2ccnc12. The van der Waals surface area contributed by atoms with Gasteiger partial charge in [0.2, 0.25) is 0 Å². The summed E-state index contributed by atoms with van der Waals surface area (Å²) in [5, 5.41) is 0. The number of rotatable bonds is 1. The van der Waals surface area contributed by atoms with Crippen LogP contribution in [0.4, 0.5) is 0 Å². The van der Waals surface area contributed by atoms with E-state index in [4.69, 9.17) is 0 Å². The van der Waals surface area contributed by atoms with Crippen molar-refractivity contribution in [3.05, 3.63) is 28.9 Å². The van der Waals surface area contributed by atoms with E-state index in [1.165, 1.54) is 18.5 Å². The highest BCUT2D eigenvalue weighted by Gasteiger charge is 2.25. The van der Waals surface area contributed by atoms with Gasteiger partial charge in [-0.15, -0.1) is 0 Å². The third-order valence-electron chi connectivity index (χ3n) is 2.35. The second-order valence-corrected chi connectivity index (χ2v) is 4.14. The molecule has 0 N–H and O–H groups in total. The van der Waals surface area contributed by atoms with Gasteiger partial charge in [-0.1, -0.05) is 0 Å². The van der Waals surface area contributed by atoms with Gasteiger partial charge in [0.05, 0.1) is 5.69 Å². The third kappa shape index (κ3) is 1.16. The van der Waals surface area contributed by atoms with E-state index in [1.807, 2.05) is 10.6 Å². The van der Waals surface area contributed by atoms with E-state index in [9.17, 15) is 0 Å². The van der Waals surface area contributed by atoms with Crippen molar-refractivity contribution in [3.8, 4) is 0 Å². The minimum Gasteiger partial charge on any atom is -0.303 e. The average Bonchev–Trinajstić information content (AvgIpc) is 2.85. The lowest BCUT2D eigenvalue weighted by atomic mass is 10.3. The topological polar surface area (TPSA) is 30.2 Å². The molecule has 1 aliphatic carbocycles. The first kappa shape index (κ1) is 7.50. The summed E-state index contributed by atoms with van der Waals surface area (Å²) in [6, 6.07) is 0. The number of halogens is 1. The predicted octanol–water partition coefficient (Wildman–Crippen LogP) is 2.37. The van der Waals surface area contributed by atoms with Gasteiger partial charge >= 0.3 is 0 Å². The Labute approximate surface area is 83.9 Å². The van der Waals surface area contributed by atoms with Crippen LogP contribution in [0.5, 0.6) is 0 Å². The van der Waals surface area contributed by atoms with E-state index in [0.717, 1.165) is 10.3 Å². The van der Waals surface area contributed by atoms with Crippen molar-refractivity contribution < 1.29 is 0 Å². The molecule has 1 fully saturated rings. The van der Waals surface area contributed by atoms with Gasteiger partial charge in [-0.3, -0.25) is 0 Å². The smallest absolute Gasteiger partial charge is 0.170 e. The van der Waals surface area contributed by atoms with Gasteiger partial charge in [-0.2, -0.15) is 0 Å². The summed E-state index contributed by atoms with van der Waals surface area (Å²) in [7, 11) is 0. The first-order valence-electron chi connectivity index (χ1n) is 4.34.